The number of anilines is 1. The Hall–Kier alpha value is -2.87. The van der Waals surface area contributed by atoms with E-state index in [4.69, 9.17) is 16.3 Å². The van der Waals surface area contributed by atoms with Gasteiger partial charge in [0.25, 0.3) is 5.91 Å². The molecule has 1 aromatic heterocycles. The molecule has 2 N–H and O–H groups in total. The first-order chi connectivity index (χ1) is 13.5. The maximum atomic E-state index is 12.4. The van der Waals surface area contributed by atoms with Crippen molar-refractivity contribution in [2.24, 2.45) is 5.92 Å². The first kappa shape index (κ1) is 19.9. The minimum Gasteiger partial charge on any atom is -0.484 e. The predicted octanol–water partition coefficient (Wildman–Crippen LogP) is 1.88. The second-order valence-electron chi connectivity index (χ2n) is 6.57. The Balaban J connectivity index is 1.44. The number of piperidine rings is 1. The molecule has 148 valence electrons. The number of benzene rings is 1. The zero-order chi connectivity index (χ0) is 19.9. The number of hydrogen-bond acceptors (Lipinski definition) is 6. The Morgan fingerprint density at radius 3 is 2.82 bits per heavy atom. The summed E-state index contributed by atoms with van der Waals surface area (Å²) in [6, 6.07) is 6.89. The fourth-order valence-electron chi connectivity index (χ4n) is 2.95. The minimum atomic E-state index is -0.444. The molecule has 1 aliphatic heterocycles. The van der Waals surface area contributed by atoms with Crippen LogP contribution in [-0.4, -0.2) is 41.5 Å². The van der Waals surface area contributed by atoms with Gasteiger partial charge in [0.2, 0.25) is 11.9 Å². The molecule has 28 heavy (non-hydrogen) atoms. The van der Waals surface area contributed by atoms with Gasteiger partial charge in [0.1, 0.15) is 5.75 Å². The number of carbonyl (C=O) groups is 2. The maximum Gasteiger partial charge on any atom is 0.276 e. The molecule has 2 heterocycles. The summed E-state index contributed by atoms with van der Waals surface area (Å²) in [4.78, 5) is 34.7. The van der Waals surface area contributed by atoms with Gasteiger partial charge in [-0.05, 0) is 49.6 Å². The van der Waals surface area contributed by atoms with E-state index in [0.29, 0.717) is 23.3 Å². The molecule has 1 aliphatic rings. The monoisotopic (exact) mass is 403 g/mol. The standard InChI is InChI=1S/C19H22ClN5O3/c1-13-10-15(5-6-16(13)20)28-12-17(26)23-24-18(27)14-4-2-9-25(11-14)19-21-7-3-8-22-19/h3,5-8,10,14H,2,4,9,11-12H2,1H3,(H,23,26)(H,24,27). The summed E-state index contributed by atoms with van der Waals surface area (Å²) in [5, 5.41) is 0.631. The van der Waals surface area contributed by atoms with Crippen LogP contribution in [0.5, 0.6) is 5.75 Å². The number of rotatable bonds is 5. The van der Waals surface area contributed by atoms with Crippen LogP contribution in [-0.2, 0) is 9.59 Å². The van der Waals surface area contributed by atoms with E-state index < -0.39 is 5.91 Å². The lowest BCUT2D eigenvalue weighted by Crippen LogP contribution is -2.50. The third kappa shape index (κ3) is 5.32. The van der Waals surface area contributed by atoms with Gasteiger partial charge in [-0.3, -0.25) is 20.4 Å². The van der Waals surface area contributed by atoms with E-state index >= 15 is 0 Å². The number of ether oxygens (including phenoxy) is 1. The highest BCUT2D eigenvalue weighted by Crippen LogP contribution is 2.21. The third-order valence-electron chi connectivity index (χ3n) is 4.45. The van der Waals surface area contributed by atoms with Gasteiger partial charge in [-0.2, -0.15) is 0 Å². The molecule has 8 nitrogen and oxygen atoms in total. The van der Waals surface area contributed by atoms with Crippen molar-refractivity contribution in [2.45, 2.75) is 19.8 Å². The average molecular weight is 404 g/mol. The van der Waals surface area contributed by atoms with Crippen LogP contribution >= 0.6 is 11.6 Å². The van der Waals surface area contributed by atoms with Crippen molar-refractivity contribution in [2.75, 3.05) is 24.6 Å². The SMILES string of the molecule is Cc1cc(OCC(=O)NNC(=O)C2CCCN(c3ncccn3)C2)ccc1Cl. The van der Waals surface area contributed by atoms with Crippen LogP contribution in [0.3, 0.4) is 0 Å². The number of amides is 2. The summed E-state index contributed by atoms with van der Waals surface area (Å²) in [6.07, 6.45) is 4.94. The zero-order valence-corrected chi connectivity index (χ0v) is 16.3. The van der Waals surface area contributed by atoms with E-state index in [1.54, 1.807) is 36.7 Å². The minimum absolute atomic E-state index is 0.212. The lowest BCUT2D eigenvalue weighted by Gasteiger charge is -2.31. The highest BCUT2D eigenvalue weighted by atomic mass is 35.5. The van der Waals surface area contributed by atoms with Crippen LogP contribution < -0.4 is 20.5 Å². The highest BCUT2D eigenvalue weighted by Gasteiger charge is 2.27. The molecule has 1 atom stereocenters. The van der Waals surface area contributed by atoms with Gasteiger partial charge in [0.05, 0.1) is 5.92 Å². The summed E-state index contributed by atoms with van der Waals surface area (Å²) in [7, 11) is 0. The Morgan fingerprint density at radius 1 is 1.29 bits per heavy atom. The van der Waals surface area contributed by atoms with Crippen molar-refractivity contribution in [3.8, 4) is 5.75 Å². The number of nitrogens with zero attached hydrogens (tertiary/aromatic N) is 3. The second-order valence-corrected chi connectivity index (χ2v) is 6.98. The topological polar surface area (TPSA) is 96.5 Å². The number of hydrogen-bond donors (Lipinski definition) is 2. The molecule has 9 heteroatoms. The summed E-state index contributed by atoms with van der Waals surface area (Å²) in [5.74, 6) is 0.207. The molecule has 1 aromatic carbocycles. The van der Waals surface area contributed by atoms with Crippen molar-refractivity contribution < 1.29 is 14.3 Å². The molecule has 0 bridgehead atoms. The quantitative estimate of drug-likeness (QED) is 0.740. The number of carbonyl (C=O) groups excluding carboxylic acids is 2. The van der Waals surface area contributed by atoms with Crippen molar-refractivity contribution in [3.63, 3.8) is 0 Å². The first-order valence-electron chi connectivity index (χ1n) is 9.02. The molecule has 1 saturated heterocycles. The predicted molar refractivity (Wildman–Crippen MR) is 105 cm³/mol. The van der Waals surface area contributed by atoms with E-state index in [9.17, 15) is 9.59 Å². The van der Waals surface area contributed by atoms with E-state index in [2.05, 4.69) is 20.8 Å². The Bertz CT molecular complexity index is 834. The first-order valence-corrected chi connectivity index (χ1v) is 9.40. The van der Waals surface area contributed by atoms with Crippen LogP contribution in [0.25, 0.3) is 0 Å². The number of aromatic nitrogens is 2. The van der Waals surface area contributed by atoms with Crippen LogP contribution in [0, 0.1) is 12.8 Å². The molecule has 2 amide bonds. The molecule has 0 aliphatic carbocycles. The molecular weight excluding hydrogens is 382 g/mol. The van der Waals surface area contributed by atoms with E-state index in [0.717, 1.165) is 24.9 Å². The fourth-order valence-corrected chi connectivity index (χ4v) is 3.07. The number of hydrazine groups is 1. The van der Waals surface area contributed by atoms with Crippen molar-refractivity contribution in [3.05, 3.63) is 47.2 Å². The smallest absolute Gasteiger partial charge is 0.276 e. The molecule has 0 spiro atoms. The second kappa shape index (κ2) is 9.36. The Morgan fingerprint density at radius 2 is 2.07 bits per heavy atom. The van der Waals surface area contributed by atoms with Crippen molar-refractivity contribution in [1.82, 2.24) is 20.8 Å². The normalized spacial score (nSPS) is 16.4. The molecule has 2 aromatic rings. The van der Waals surface area contributed by atoms with Crippen molar-refractivity contribution in [1.29, 1.82) is 0 Å². The average Bonchev–Trinajstić information content (AvgIpc) is 2.73. The number of halogens is 1. The third-order valence-corrected chi connectivity index (χ3v) is 4.88. The summed E-state index contributed by atoms with van der Waals surface area (Å²) in [6.45, 7) is 2.94. The number of aryl methyl sites for hydroxylation is 1. The fraction of sp³-hybridized carbons (Fsp3) is 0.368. The van der Waals surface area contributed by atoms with E-state index in [1.165, 1.54) is 0 Å². The van der Waals surface area contributed by atoms with Crippen LogP contribution in [0.1, 0.15) is 18.4 Å². The van der Waals surface area contributed by atoms with Gasteiger partial charge in [-0.1, -0.05) is 11.6 Å². The lowest BCUT2D eigenvalue weighted by molar-refractivity contribution is -0.132. The lowest BCUT2D eigenvalue weighted by atomic mass is 9.98. The largest absolute Gasteiger partial charge is 0.484 e. The van der Waals surface area contributed by atoms with Gasteiger partial charge in [-0.15, -0.1) is 0 Å². The molecule has 1 fully saturated rings. The Labute approximate surface area is 168 Å². The van der Waals surface area contributed by atoms with E-state index in [1.807, 2.05) is 11.8 Å². The molecular formula is C19H22ClN5O3. The highest BCUT2D eigenvalue weighted by molar-refractivity contribution is 6.31. The van der Waals surface area contributed by atoms with Gasteiger partial charge >= 0.3 is 0 Å². The summed E-state index contributed by atoms with van der Waals surface area (Å²) in [5.41, 5.74) is 5.72. The molecule has 0 saturated carbocycles. The van der Waals surface area contributed by atoms with Gasteiger partial charge < -0.3 is 9.64 Å². The van der Waals surface area contributed by atoms with Crippen molar-refractivity contribution >= 4 is 29.4 Å². The van der Waals surface area contributed by atoms with Crippen LogP contribution in [0.15, 0.2) is 36.7 Å². The van der Waals surface area contributed by atoms with E-state index in [-0.39, 0.29) is 18.4 Å². The summed E-state index contributed by atoms with van der Waals surface area (Å²) >= 11 is 5.96. The number of nitrogens with one attached hydrogen (secondary N) is 2. The van der Waals surface area contributed by atoms with Crippen LogP contribution in [0.2, 0.25) is 5.02 Å². The molecule has 3 rings (SSSR count). The van der Waals surface area contributed by atoms with Crippen LogP contribution in [0.4, 0.5) is 5.95 Å². The zero-order valence-electron chi connectivity index (χ0n) is 15.5. The van der Waals surface area contributed by atoms with Gasteiger partial charge in [-0.25, -0.2) is 9.97 Å². The maximum absolute atomic E-state index is 12.4. The molecule has 0 radical (unpaired) electrons. The van der Waals surface area contributed by atoms with Gasteiger partial charge in [0, 0.05) is 30.5 Å². The summed E-state index contributed by atoms with van der Waals surface area (Å²) < 4.78 is 5.41. The Kier molecular flexibility index (Phi) is 6.65. The molecule has 1 unspecified atom stereocenters. The van der Waals surface area contributed by atoms with Gasteiger partial charge in [0.15, 0.2) is 6.61 Å².